The molecule has 0 spiro atoms. The second-order valence-electron chi connectivity index (χ2n) is 4.01. The van der Waals surface area contributed by atoms with Crippen LogP contribution in [0.1, 0.15) is 22.8 Å². The fourth-order valence-corrected chi connectivity index (χ4v) is 1.58. The van der Waals surface area contributed by atoms with E-state index >= 15 is 0 Å². The van der Waals surface area contributed by atoms with E-state index < -0.39 is 5.82 Å². The van der Waals surface area contributed by atoms with E-state index in [1.54, 1.807) is 16.9 Å². The minimum absolute atomic E-state index is 0.0729. The maximum Gasteiger partial charge on any atom is 0.162 e. The normalized spacial score (nSPS) is 10.4. The molecule has 0 saturated carbocycles. The molecule has 0 amide bonds. The lowest BCUT2D eigenvalue weighted by molar-refractivity contribution is 0.101. The molecular formula is C13H13FN2O2. The van der Waals surface area contributed by atoms with Crippen molar-refractivity contribution in [1.29, 1.82) is 0 Å². The van der Waals surface area contributed by atoms with Gasteiger partial charge in [-0.3, -0.25) is 9.48 Å². The van der Waals surface area contributed by atoms with Crippen LogP contribution in [0.3, 0.4) is 0 Å². The van der Waals surface area contributed by atoms with Crippen molar-refractivity contribution in [3.05, 3.63) is 47.5 Å². The molecule has 1 aromatic heterocycles. The SMILES string of the molecule is CC(=O)c1ccc(OCc2cnn(C)c2)cc1F. The average Bonchev–Trinajstić information content (AvgIpc) is 2.72. The number of benzene rings is 1. The van der Waals surface area contributed by atoms with Gasteiger partial charge in [0.15, 0.2) is 5.78 Å². The summed E-state index contributed by atoms with van der Waals surface area (Å²) < 4.78 is 20.6. The molecule has 2 rings (SSSR count). The van der Waals surface area contributed by atoms with Gasteiger partial charge in [-0.1, -0.05) is 0 Å². The van der Waals surface area contributed by atoms with E-state index in [0.717, 1.165) is 5.56 Å². The lowest BCUT2D eigenvalue weighted by atomic mass is 10.1. The number of nitrogens with zero attached hydrogens (tertiary/aromatic N) is 2. The molecule has 0 radical (unpaired) electrons. The Morgan fingerprint density at radius 1 is 1.50 bits per heavy atom. The molecule has 0 aliphatic carbocycles. The van der Waals surface area contributed by atoms with Crippen LogP contribution >= 0.6 is 0 Å². The Morgan fingerprint density at radius 3 is 2.83 bits per heavy atom. The van der Waals surface area contributed by atoms with Crippen LogP contribution in [0.4, 0.5) is 4.39 Å². The number of hydrogen-bond donors (Lipinski definition) is 0. The van der Waals surface area contributed by atoms with Crippen LogP contribution in [0.25, 0.3) is 0 Å². The quantitative estimate of drug-likeness (QED) is 0.780. The van der Waals surface area contributed by atoms with E-state index in [2.05, 4.69) is 5.10 Å². The fourth-order valence-electron chi connectivity index (χ4n) is 1.58. The van der Waals surface area contributed by atoms with Gasteiger partial charge in [0, 0.05) is 24.9 Å². The van der Waals surface area contributed by atoms with E-state index in [4.69, 9.17) is 4.74 Å². The Kier molecular flexibility index (Phi) is 3.41. The van der Waals surface area contributed by atoms with Crippen molar-refractivity contribution in [2.45, 2.75) is 13.5 Å². The Morgan fingerprint density at radius 2 is 2.28 bits per heavy atom. The lowest BCUT2D eigenvalue weighted by Crippen LogP contribution is -1.99. The molecule has 0 aliphatic rings. The fraction of sp³-hybridized carbons (Fsp3) is 0.231. The van der Waals surface area contributed by atoms with Crippen molar-refractivity contribution in [3.8, 4) is 5.75 Å². The molecule has 0 aliphatic heterocycles. The van der Waals surface area contributed by atoms with E-state index in [9.17, 15) is 9.18 Å². The van der Waals surface area contributed by atoms with Crippen LogP contribution in [0.5, 0.6) is 5.75 Å². The molecule has 0 N–H and O–H groups in total. The zero-order chi connectivity index (χ0) is 13.1. The molecule has 0 bridgehead atoms. The molecule has 18 heavy (non-hydrogen) atoms. The highest BCUT2D eigenvalue weighted by molar-refractivity contribution is 5.94. The Balaban J connectivity index is 2.06. The molecule has 2 aromatic rings. The number of Topliss-reactive ketones (excluding diaryl/α,β-unsaturated/α-hetero) is 1. The van der Waals surface area contributed by atoms with Gasteiger partial charge in [-0.2, -0.15) is 5.10 Å². The van der Waals surface area contributed by atoms with E-state index in [-0.39, 0.29) is 11.3 Å². The number of aryl methyl sites for hydroxylation is 1. The monoisotopic (exact) mass is 248 g/mol. The van der Waals surface area contributed by atoms with Crippen LogP contribution in [-0.4, -0.2) is 15.6 Å². The number of hydrogen-bond acceptors (Lipinski definition) is 3. The predicted molar refractivity (Wildman–Crippen MR) is 63.9 cm³/mol. The Bertz CT molecular complexity index is 578. The second kappa shape index (κ2) is 5.00. The van der Waals surface area contributed by atoms with Gasteiger partial charge in [0.1, 0.15) is 18.2 Å². The largest absolute Gasteiger partial charge is 0.489 e. The maximum atomic E-state index is 13.5. The summed E-state index contributed by atoms with van der Waals surface area (Å²) in [5, 5.41) is 4.00. The first-order chi connectivity index (χ1) is 8.56. The number of aromatic nitrogens is 2. The Labute approximate surface area is 104 Å². The first kappa shape index (κ1) is 12.3. The summed E-state index contributed by atoms with van der Waals surface area (Å²) in [6.07, 6.45) is 3.50. The molecule has 0 saturated heterocycles. The summed E-state index contributed by atoms with van der Waals surface area (Å²) >= 11 is 0. The predicted octanol–water partition coefficient (Wildman–Crippen LogP) is 2.34. The van der Waals surface area contributed by atoms with Gasteiger partial charge in [0.2, 0.25) is 0 Å². The minimum Gasteiger partial charge on any atom is -0.489 e. The van der Waals surface area contributed by atoms with Gasteiger partial charge in [0.25, 0.3) is 0 Å². The van der Waals surface area contributed by atoms with Gasteiger partial charge in [-0.05, 0) is 19.1 Å². The third-order valence-electron chi connectivity index (χ3n) is 2.48. The van der Waals surface area contributed by atoms with Crippen molar-refractivity contribution in [1.82, 2.24) is 9.78 Å². The first-order valence-electron chi connectivity index (χ1n) is 5.47. The summed E-state index contributed by atoms with van der Waals surface area (Å²) in [7, 11) is 1.81. The zero-order valence-corrected chi connectivity index (χ0v) is 10.2. The highest BCUT2D eigenvalue weighted by Crippen LogP contribution is 2.18. The molecule has 1 heterocycles. The van der Waals surface area contributed by atoms with Crippen LogP contribution in [0.15, 0.2) is 30.6 Å². The van der Waals surface area contributed by atoms with Gasteiger partial charge in [0.05, 0.1) is 11.8 Å². The standard InChI is InChI=1S/C13H13FN2O2/c1-9(17)12-4-3-11(5-13(12)14)18-8-10-6-15-16(2)7-10/h3-7H,8H2,1-2H3. The highest BCUT2D eigenvalue weighted by atomic mass is 19.1. The van der Waals surface area contributed by atoms with Crippen LogP contribution < -0.4 is 4.74 Å². The van der Waals surface area contributed by atoms with Crippen molar-refractivity contribution < 1.29 is 13.9 Å². The summed E-state index contributed by atoms with van der Waals surface area (Å²) in [5.74, 6) is -0.473. The topological polar surface area (TPSA) is 44.1 Å². The number of halogens is 1. The molecule has 4 nitrogen and oxygen atoms in total. The molecule has 1 aromatic carbocycles. The molecule has 0 fully saturated rings. The first-order valence-corrected chi connectivity index (χ1v) is 5.47. The Hall–Kier alpha value is -2.17. The lowest BCUT2D eigenvalue weighted by Gasteiger charge is -2.06. The summed E-state index contributed by atoms with van der Waals surface area (Å²) in [4.78, 5) is 11.1. The van der Waals surface area contributed by atoms with E-state index in [1.807, 2.05) is 13.2 Å². The number of rotatable bonds is 4. The van der Waals surface area contributed by atoms with E-state index in [0.29, 0.717) is 12.4 Å². The van der Waals surface area contributed by atoms with Gasteiger partial charge < -0.3 is 4.74 Å². The van der Waals surface area contributed by atoms with Crippen molar-refractivity contribution >= 4 is 5.78 Å². The second-order valence-corrected chi connectivity index (χ2v) is 4.01. The molecule has 94 valence electrons. The van der Waals surface area contributed by atoms with Crippen molar-refractivity contribution in [3.63, 3.8) is 0 Å². The summed E-state index contributed by atoms with van der Waals surface area (Å²) in [6, 6.07) is 4.22. The van der Waals surface area contributed by atoms with Crippen LogP contribution in [-0.2, 0) is 13.7 Å². The number of ketones is 1. The number of ether oxygens (including phenoxy) is 1. The maximum absolute atomic E-state index is 13.5. The number of carbonyl (C=O) groups is 1. The molecular weight excluding hydrogens is 235 g/mol. The summed E-state index contributed by atoms with van der Waals surface area (Å²) in [5.41, 5.74) is 0.970. The van der Waals surface area contributed by atoms with Gasteiger partial charge >= 0.3 is 0 Å². The molecule has 0 unspecified atom stereocenters. The third-order valence-corrected chi connectivity index (χ3v) is 2.48. The smallest absolute Gasteiger partial charge is 0.162 e. The van der Waals surface area contributed by atoms with E-state index in [1.165, 1.54) is 19.1 Å². The van der Waals surface area contributed by atoms with Gasteiger partial charge in [-0.25, -0.2) is 4.39 Å². The summed E-state index contributed by atoms with van der Waals surface area (Å²) in [6.45, 7) is 1.64. The highest BCUT2D eigenvalue weighted by Gasteiger charge is 2.08. The minimum atomic E-state index is -0.564. The van der Waals surface area contributed by atoms with Crippen molar-refractivity contribution in [2.75, 3.05) is 0 Å². The molecule has 5 heteroatoms. The average molecular weight is 248 g/mol. The molecule has 0 atom stereocenters. The van der Waals surface area contributed by atoms with Gasteiger partial charge in [-0.15, -0.1) is 0 Å². The third kappa shape index (κ3) is 2.74. The van der Waals surface area contributed by atoms with Crippen molar-refractivity contribution in [2.24, 2.45) is 7.05 Å². The van der Waals surface area contributed by atoms with Crippen LogP contribution in [0, 0.1) is 5.82 Å². The number of carbonyl (C=O) groups excluding carboxylic acids is 1. The van der Waals surface area contributed by atoms with Crippen LogP contribution in [0.2, 0.25) is 0 Å². The zero-order valence-electron chi connectivity index (χ0n) is 10.2.